The summed E-state index contributed by atoms with van der Waals surface area (Å²) < 4.78 is 0.748. The number of aromatic nitrogens is 1. The zero-order chi connectivity index (χ0) is 17.8. The van der Waals surface area contributed by atoms with Crippen LogP contribution in [0.1, 0.15) is 5.56 Å². The van der Waals surface area contributed by atoms with E-state index in [2.05, 4.69) is 20.6 Å². The molecule has 0 unspecified atom stereocenters. The van der Waals surface area contributed by atoms with Crippen LogP contribution >= 0.6 is 11.3 Å². The number of carbonyl (C=O) groups is 1. The number of amides is 2. The Labute approximate surface area is 147 Å². The number of fused-ring (bicyclic) bond motifs is 1. The number of aryl methyl sites for hydroxylation is 1. The Morgan fingerprint density at radius 1 is 1.16 bits per heavy atom. The summed E-state index contributed by atoms with van der Waals surface area (Å²) in [5, 5.41) is 5.74. The third-order valence-corrected chi connectivity index (χ3v) is 4.22. The molecule has 2 aromatic carbocycles. The van der Waals surface area contributed by atoms with Crippen LogP contribution in [0.2, 0.25) is 0 Å². The second-order valence-electron chi connectivity index (χ2n) is 5.24. The van der Waals surface area contributed by atoms with Crippen LogP contribution in [0.5, 0.6) is 0 Å². The molecule has 0 radical (unpaired) electrons. The van der Waals surface area contributed by atoms with Crippen molar-refractivity contribution in [3.05, 3.63) is 64.4 Å². The van der Waals surface area contributed by atoms with Gasteiger partial charge in [0.2, 0.25) is 11.1 Å². The number of benzene rings is 2. The number of rotatable bonds is 2. The molecule has 0 spiro atoms. The molecule has 25 heavy (non-hydrogen) atoms. The highest BCUT2D eigenvalue weighted by atomic mass is 32.1. The number of nitrogens with one attached hydrogen (secondary N) is 2. The van der Waals surface area contributed by atoms with E-state index in [1.165, 1.54) is 11.3 Å². The quantitative estimate of drug-likeness (QED) is 0.486. The molecule has 8 heteroatoms. The fraction of sp³-hybridized carbons (Fsp3) is 0.0588. The first-order valence-electron chi connectivity index (χ1n) is 7.40. The van der Waals surface area contributed by atoms with Gasteiger partial charge >= 0.3 is 6.03 Å². The van der Waals surface area contributed by atoms with Crippen molar-refractivity contribution in [1.29, 1.82) is 0 Å². The lowest BCUT2D eigenvalue weighted by Crippen LogP contribution is -2.39. The number of aliphatic imine (C=N–C) groups is 1. The summed E-state index contributed by atoms with van der Waals surface area (Å²) in [6.45, 7) is 1.95. The summed E-state index contributed by atoms with van der Waals surface area (Å²) in [4.78, 5) is 31.7. The van der Waals surface area contributed by atoms with Gasteiger partial charge in [-0.25, -0.2) is 4.79 Å². The average Bonchev–Trinajstić information content (AvgIpc) is 2.57. The summed E-state index contributed by atoms with van der Waals surface area (Å²) in [7, 11) is 0. The highest BCUT2D eigenvalue weighted by Crippen LogP contribution is 2.22. The minimum absolute atomic E-state index is 0.150. The molecule has 0 aliphatic carbocycles. The van der Waals surface area contributed by atoms with Crippen LogP contribution in [0.4, 0.5) is 15.6 Å². The monoisotopic (exact) mass is 353 g/mol. The number of anilines is 1. The van der Waals surface area contributed by atoms with Crippen LogP contribution in [0.15, 0.2) is 58.3 Å². The maximum atomic E-state index is 12.0. The molecular formula is C17H15N5O2S. The van der Waals surface area contributed by atoms with Crippen molar-refractivity contribution in [2.75, 3.05) is 5.32 Å². The second-order valence-corrected chi connectivity index (χ2v) is 6.25. The summed E-state index contributed by atoms with van der Waals surface area (Å²) in [6, 6.07) is 13.9. The van der Waals surface area contributed by atoms with Crippen molar-refractivity contribution in [2.24, 2.45) is 10.7 Å². The van der Waals surface area contributed by atoms with Gasteiger partial charge in [0.1, 0.15) is 0 Å². The first-order valence-corrected chi connectivity index (χ1v) is 8.21. The van der Waals surface area contributed by atoms with Crippen molar-refractivity contribution >= 4 is 44.2 Å². The lowest BCUT2D eigenvalue weighted by Gasteiger charge is -2.07. The molecule has 0 aliphatic rings. The number of hydrogen-bond donors (Lipinski definition) is 3. The third kappa shape index (κ3) is 4.18. The molecule has 1 heterocycles. The van der Waals surface area contributed by atoms with E-state index in [0.29, 0.717) is 11.1 Å². The minimum Gasteiger partial charge on any atom is -0.369 e. The minimum atomic E-state index is -0.529. The fourth-order valence-electron chi connectivity index (χ4n) is 2.09. The maximum Gasteiger partial charge on any atom is 0.325 e. The van der Waals surface area contributed by atoms with E-state index in [-0.39, 0.29) is 16.7 Å². The Morgan fingerprint density at radius 3 is 2.64 bits per heavy atom. The molecule has 1 aromatic heterocycles. The Balaban J connectivity index is 1.74. The Morgan fingerprint density at radius 2 is 1.88 bits per heavy atom. The SMILES string of the molecule is Cc1ccc(NC(=O)N/C(N)=N/c2nc(=O)c3ccccc3s2)cc1. The molecular weight excluding hydrogens is 338 g/mol. The normalized spacial score (nSPS) is 11.3. The van der Waals surface area contributed by atoms with E-state index in [9.17, 15) is 9.59 Å². The van der Waals surface area contributed by atoms with E-state index < -0.39 is 6.03 Å². The van der Waals surface area contributed by atoms with Gasteiger partial charge in [-0.05, 0) is 31.2 Å². The number of urea groups is 1. The largest absolute Gasteiger partial charge is 0.369 e. The molecule has 0 bridgehead atoms. The number of nitrogens with two attached hydrogens (primary N) is 1. The zero-order valence-electron chi connectivity index (χ0n) is 13.3. The lowest BCUT2D eigenvalue weighted by atomic mass is 10.2. The summed E-state index contributed by atoms with van der Waals surface area (Å²) >= 11 is 1.21. The highest BCUT2D eigenvalue weighted by molar-refractivity contribution is 7.21. The predicted molar refractivity (Wildman–Crippen MR) is 101 cm³/mol. The van der Waals surface area contributed by atoms with Gasteiger partial charge in [-0.1, -0.05) is 41.2 Å². The van der Waals surface area contributed by atoms with Crippen molar-refractivity contribution in [2.45, 2.75) is 6.92 Å². The van der Waals surface area contributed by atoms with Gasteiger partial charge in [0.25, 0.3) is 5.56 Å². The highest BCUT2D eigenvalue weighted by Gasteiger charge is 2.06. The van der Waals surface area contributed by atoms with E-state index in [4.69, 9.17) is 5.73 Å². The van der Waals surface area contributed by atoms with Gasteiger partial charge in [-0.3, -0.25) is 10.1 Å². The zero-order valence-corrected chi connectivity index (χ0v) is 14.1. The van der Waals surface area contributed by atoms with E-state index >= 15 is 0 Å². The Bertz CT molecular complexity index is 1010. The Kier molecular flexibility index (Phi) is 4.71. The number of hydrogen-bond acceptors (Lipinski definition) is 5. The number of guanidine groups is 1. The van der Waals surface area contributed by atoms with Crippen LogP contribution in [0, 0.1) is 6.92 Å². The molecule has 0 saturated heterocycles. The standard InChI is InChI=1S/C17H15N5O2S/c1-10-6-8-11(9-7-10)19-16(24)21-15(18)22-17-20-14(23)12-4-2-3-5-13(12)25-17/h2-9H,1H3,(H4,18,19,20,21,22,23,24). The second kappa shape index (κ2) is 7.10. The van der Waals surface area contributed by atoms with Crippen LogP contribution < -0.4 is 21.9 Å². The van der Waals surface area contributed by atoms with Gasteiger partial charge in [0.05, 0.1) is 5.39 Å². The van der Waals surface area contributed by atoms with E-state index in [0.717, 1.165) is 10.3 Å². The lowest BCUT2D eigenvalue weighted by molar-refractivity contribution is 0.256. The Hall–Kier alpha value is -3.26. The maximum absolute atomic E-state index is 12.0. The third-order valence-electron chi connectivity index (χ3n) is 3.28. The van der Waals surface area contributed by atoms with Crippen LogP contribution in [-0.2, 0) is 0 Å². The van der Waals surface area contributed by atoms with E-state index in [1.54, 1.807) is 30.3 Å². The average molecular weight is 353 g/mol. The molecule has 7 nitrogen and oxygen atoms in total. The molecule has 0 aliphatic heterocycles. The molecule has 3 rings (SSSR count). The summed E-state index contributed by atoms with van der Waals surface area (Å²) in [6.07, 6.45) is 0. The predicted octanol–water partition coefficient (Wildman–Crippen LogP) is 2.73. The smallest absolute Gasteiger partial charge is 0.325 e. The van der Waals surface area contributed by atoms with Gasteiger partial charge in [0.15, 0.2) is 0 Å². The molecule has 0 atom stereocenters. The first kappa shape index (κ1) is 16.6. The molecule has 3 aromatic rings. The molecule has 0 saturated carbocycles. The number of carbonyl (C=O) groups excluding carboxylic acids is 1. The molecule has 2 amide bonds. The van der Waals surface area contributed by atoms with Gasteiger partial charge < -0.3 is 11.1 Å². The van der Waals surface area contributed by atoms with Crippen molar-refractivity contribution < 1.29 is 4.79 Å². The number of nitrogens with zero attached hydrogens (tertiary/aromatic N) is 2. The topological polar surface area (TPSA) is 109 Å². The van der Waals surface area contributed by atoms with Crippen LogP contribution in [0.25, 0.3) is 10.1 Å². The van der Waals surface area contributed by atoms with Gasteiger partial charge in [-0.15, -0.1) is 0 Å². The van der Waals surface area contributed by atoms with Crippen molar-refractivity contribution in [3.8, 4) is 0 Å². The molecule has 0 fully saturated rings. The molecule has 126 valence electrons. The van der Waals surface area contributed by atoms with Crippen molar-refractivity contribution in [1.82, 2.24) is 10.3 Å². The van der Waals surface area contributed by atoms with Crippen LogP contribution in [0.3, 0.4) is 0 Å². The first-order chi connectivity index (χ1) is 12.0. The van der Waals surface area contributed by atoms with Gasteiger partial charge in [0, 0.05) is 10.4 Å². The van der Waals surface area contributed by atoms with Gasteiger partial charge in [-0.2, -0.15) is 9.98 Å². The van der Waals surface area contributed by atoms with Crippen LogP contribution in [-0.4, -0.2) is 17.0 Å². The fourth-order valence-corrected chi connectivity index (χ4v) is 2.98. The summed E-state index contributed by atoms with van der Waals surface area (Å²) in [5.41, 5.74) is 7.05. The summed E-state index contributed by atoms with van der Waals surface area (Å²) in [5.74, 6) is -0.150. The van der Waals surface area contributed by atoms with E-state index in [1.807, 2.05) is 25.1 Å². The molecule has 4 N–H and O–H groups in total. The van der Waals surface area contributed by atoms with Crippen molar-refractivity contribution in [3.63, 3.8) is 0 Å².